The van der Waals surface area contributed by atoms with Gasteiger partial charge in [-0.05, 0) is 36.5 Å². The second-order valence-electron chi connectivity index (χ2n) is 5.36. The molecule has 0 spiro atoms. The van der Waals surface area contributed by atoms with E-state index in [0.29, 0.717) is 35.2 Å². The van der Waals surface area contributed by atoms with Crippen molar-refractivity contribution in [2.45, 2.75) is 12.8 Å². The van der Waals surface area contributed by atoms with E-state index < -0.39 is 20.6 Å². The van der Waals surface area contributed by atoms with Crippen LogP contribution in [-0.2, 0) is 20.6 Å². The van der Waals surface area contributed by atoms with Crippen molar-refractivity contribution in [3.05, 3.63) is 0 Å². The normalized spacial score (nSPS) is 52.4. The summed E-state index contributed by atoms with van der Waals surface area (Å²) in [6, 6.07) is 0. The van der Waals surface area contributed by atoms with Crippen molar-refractivity contribution in [3.63, 3.8) is 0 Å². The average molecular weight is 248 g/mol. The molecule has 1 aliphatic carbocycles. The van der Waals surface area contributed by atoms with E-state index in [1.807, 2.05) is 0 Å². The summed E-state index contributed by atoms with van der Waals surface area (Å²) in [7, 11) is -3.37. The highest BCUT2D eigenvalue weighted by Gasteiger charge is 2.47. The van der Waals surface area contributed by atoms with E-state index in [1.165, 1.54) is 0 Å². The van der Waals surface area contributed by atoms with Crippen molar-refractivity contribution in [1.29, 1.82) is 0 Å². The highest BCUT2D eigenvalue weighted by atomic mass is 32.2. The Bertz CT molecular complexity index is 371. The topological polar surface area (TPSA) is 51.2 Å². The van der Waals surface area contributed by atoms with Crippen LogP contribution < -0.4 is 0 Å². The molecule has 0 aromatic heterocycles. The molecule has 86 valence electrons. The number of sulfone groups is 1. The first-order valence-electron chi connectivity index (χ1n) is 5.59. The Morgan fingerprint density at radius 1 is 0.867 bits per heavy atom. The lowest BCUT2D eigenvalue weighted by Gasteiger charge is -2.32. The SMILES string of the molecule is O=S1CC2CC3CS(=O)(=O)CC3CC2C1. The molecule has 2 aliphatic heterocycles. The fourth-order valence-corrected chi connectivity index (χ4v) is 7.79. The third kappa shape index (κ3) is 1.78. The molecular formula is C10H16O3S2. The van der Waals surface area contributed by atoms with Crippen molar-refractivity contribution in [2.24, 2.45) is 23.7 Å². The van der Waals surface area contributed by atoms with Crippen LogP contribution in [0.2, 0.25) is 0 Å². The zero-order valence-electron chi connectivity index (χ0n) is 8.59. The molecule has 0 aromatic rings. The standard InChI is InChI=1S/C10H16O3S2/c11-14-3-7-1-9-5-15(12,13)6-10(9)2-8(7)4-14/h7-10H,1-6H2. The second-order valence-corrected chi connectivity index (χ2v) is 9.06. The van der Waals surface area contributed by atoms with Gasteiger partial charge >= 0.3 is 0 Å². The largest absolute Gasteiger partial charge is 0.260 e. The van der Waals surface area contributed by atoms with Crippen LogP contribution in [0.25, 0.3) is 0 Å². The summed E-state index contributed by atoms with van der Waals surface area (Å²) in [6.45, 7) is 0. The lowest BCUT2D eigenvalue weighted by atomic mass is 9.71. The van der Waals surface area contributed by atoms with E-state index in [9.17, 15) is 12.6 Å². The molecular weight excluding hydrogens is 232 g/mol. The molecule has 0 aromatic carbocycles. The van der Waals surface area contributed by atoms with Gasteiger partial charge in [0.2, 0.25) is 0 Å². The van der Waals surface area contributed by atoms with E-state index in [0.717, 1.165) is 24.3 Å². The monoisotopic (exact) mass is 248 g/mol. The Morgan fingerprint density at radius 2 is 1.33 bits per heavy atom. The summed E-state index contributed by atoms with van der Waals surface area (Å²) >= 11 is 0. The minimum atomic E-state index is -2.75. The highest BCUT2D eigenvalue weighted by Crippen LogP contribution is 2.46. The number of fused-ring (bicyclic) bond motifs is 2. The maximum absolute atomic E-state index is 11.5. The molecule has 4 atom stereocenters. The summed E-state index contributed by atoms with van der Waals surface area (Å²) in [5.74, 6) is 4.32. The Morgan fingerprint density at radius 3 is 1.80 bits per heavy atom. The highest BCUT2D eigenvalue weighted by molar-refractivity contribution is 7.91. The van der Waals surface area contributed by atoms with Gasteiger partial charge < -0.3 is 0 Å². The van der Waals surface area contributed by atoms with E-state index in [-0.39, 0.29) is 0 Å². The maximum Gasteiger partial charge on any atom is 0.150 e. The van der Waals surface area contributed by atoms with Crippen LogP contribution in [0.4, 0.5) is 0 Å². The van der Waals surface area contributed by atoms with Crippen molar-refractivity contribution >= 4 is 20.6 Å². The molecule has 15 heavy (non-hydrogen) atoms. The lowest BCUT2D eigenvalue weighted by Crippen LogP contribution is -2.30. The van der Waals surface area contributed by atoms with Crippen molar-refractivity contribution in [3.8, 4) is 0 Å². The van der Waals surface area contributed by atoms with Crippen LogP contribution in [0.3, 0.4) is 0 Å². The molecule has 3 rings (SSSR count). The van der Waals surface area contributed by atoms with Gasteiger partial charge in [0.25, 0.3) is 0 Å². The molecule has 1 saturated carbocycles. The molecule has 2 heterocycles. The van der Waals surface area contributed by atoms with Gasteiger partial charge in [-0.2, -0.15) is 0 Å². The zero-order chi connectivity index (χ0) is 10.6. The smallest absolute Gasteiger partial charge is 0.150 e. The van der Waals surface area contributed by atoms with Crippen LogP contribution in [-0.4, -0.2) is 35.6 Å². The van der Waals surface area contributed by atoms with Gasteiger partial charge in [0.15, 0.2) is 9.84 Å². The van der Waals surface area contributed by atoms with E-state index in [4.69, 9.17) is 0 Å². The van der Waals surface area contributed by atoms with Crippen LogP contribution in [0.5, 0.6) is 0 Å². The number of rotatable bonds is 0. The van der Waals surface area contributed by atoms with Crippen LogP contribution in [0.1, 0.15) is 12.8 Å². The molecule has 5 heteroatoms. The fraction of sp³-hybridized carbons (Fsp3) is 1.00. The minimum absolute atomic E-state index is 0.381. The molecule has 2 saturated heterocycles. The molecule has 3 fully saturated rings. The molecule has 4 unspecified atom stereocenters. The summed E-state index contributed by atoms with van der Waals surface area (Å²) in [6.07, 6.45) is 2.03. The molecule has 0 amide bonds. The van der Waals surface area contributed by atoms with Crippen molar-refractivity contribution in [2.75, 3.05) is 23.0 Å². The molecule has 0 N–H and O–H groups in total. The van der Waals surface area contributed by atoms with Gasteiger partial charge in [-0.1, -0.05) is 0 Å². The third-order valence-electron chi connectivity index (χ3n) is 4.28. The van der Waals surface area contributed by atoms with E-state index in [2.05, 4.69) is 0 Å². The van der Waals surface area contributed by atoms with Crippen LogP contribution in [0.15, 0.2) is 0 Å². The van der Waals surface area contributed by atoms with Gasteiger partial charge in [-0.15, -0.1) is 0 Å². The summed E-state index contributed by atoms with van der Waals surface area (Å²) in [4.78, 5) is 0. The maximum atomic E-state index is 11.5. The predicted molar refractivity (Wildman–Crippen MR) is 59.7 cm³/mol. The first-order chi connectivity index (χ1) is 7.03. The fourth-order valence-electron chi connectivity index (χ4n) is 3.63. The molecule has 0 radical (unpaired) electrons. The van der Waals surface area contributed by atoms with Gasteiger partial charge in [-0.3, -0.25) is 4.21 Å². The van der Waals surface area contributed by atoms with Crippen LogP contribution >= 0.6 is 0 Å². The van der Waals surface area contributed by atoms with Gasteiger partial charge in [0.05, 0.1) is 11.5 Å². The molecule has 0 bridgehead atoms. The molecule has 3 aliphatic rings. The van der Waals surface area contributed by atoms with Gasteiger partial charge in [-0.25, -0.2) is 8.42 Å². The number of hydrogen-bond acceptors (Lipinski definition) is 3. The van der Waals surface area contributed by atoms with Crippen molar-refractivity contribution < 1.29 is 12.6 Å². The first kappa shape index (κ1) is 10.3. The first-order valence-corrected chi connectivity index (χ1v) is 8.90. The zero-order valence-corrected chi connectivity index (χ0v) is 10.2. The summed E-state index contributed by atoms with van der Waals surface area (Å²) < 4.78 is 34.5. The molecule has 3 nitrogen and oxygen atoms in total. The minimum Gasteiger partial charge on any atom is -0.260 e. The third-order valence-corrected chi connectivity index (χ3v) is 7.75. The van der Waals surface area contributed by atoms with Gasteiger partial charge in [0.1, 0.15) is 0 Å². The second kappa shape index (κ2) is 3.29. The lowest BCUT2D eigenvalue weighted by molar-refractivity contribution is 0.184. The Kier molecular flexibility index (Phi) is 2.26. The van der Waals surface area contributed by atoms with E-state index >= 15 is 0 Å². The summed E-state index contributed by atoms with van der Waals surface area (Å²) in [5, 5.41) is 0. The van der Waals surface area contributed by atoms with Crippen LogP contribution in [0, 0.1) is 23.7 Å². The Hall–Kier alpha value is 0.1000. The quantitative estimate of drug-likeness (QED) is 0.625. The predicted octanol–water partition coefficient (Wildman–Crippen LogP) is 0.436. The average Bonchev–Trinajstić information content (AvgIpc) is 2.55. The number of hydrogen-bond donors (Lipinski definition) is 0. The Balaban J connectivity index is 1.80. The van der Waals surface area contributed by atoms with Gasteiger partial charge in [0, 0.05) is 22.3 Å². The van der Waals surface area contributed by atoms with E-state index in [1.54, 1.807) is 0 Å². The van der Waals surface area contributed by atoms with Crippen molar-refractivity contribution in [1.82, 2.24) is 0 Å². The Labute approximate surface area is 93.0 Å². The summed E-state index contributed by atoms with van der Waals surface area (Å²) in [5.41, 5.74) is 0.